The number of hydrazine groups is 1. The van der Waals surface area contributed by atoms with E-state index in [9.17, 15) is 9.59 Å². The Kier molecular flexibility index (Phi) is 5.49. The summed E-state index contributed by atoms with van der Waals surface area (Å²) in [5, 5.41) is 2.97. The maximum atomic E-state index is 13.5. The molecule has 2 aliphatic rings. The third kappa shape index (κ3) is 3.55. The maximum Gasteiger partial charge on any atom is 0.222 e. The van der Waals surface area contributed by atoms with Crippen LogP contribution in [0.3, 0.4) is 0 Å². The van der Waals surface area contributed by atoms with Crippen LogP contribution < -0.4 is 25.6 Å². The molecule has 7 heteroatoms. The van der Waals surface area contributed by atoms with Crippen LogP contribution in [0.2, 0.25) is 0 Å². The van der Waals surface area contributed by atoms with Gasteiger partial charge in [0.25, 0.3) is 0 Å². The summed E-state index contributed by atoms with van der Waals surface area (Å²) in [5.74, 6) is 0.557. The smallest absolute Gasteiger partial charge is 0.222 e. The molecule has 0 radical (unpaired) electrons. The Labute approximate surface area is 176 Å². The molecular formula is C23H27N3O4. The molecular weight excluding hydrogens is 382 g/mol. The molecule has 2 aromatic rings. The predicted octanol–water partition coefficient (Wildman–Crippen LogP) is 2.43. The van der Waals surface area contributed by atoms with Crippen molar-refractivity contribution < 1.29 is 19.1 Å². The summed E-state index contributed by atoms with van der Waals surface area (Å²) in [6.45, 7) is 4.01. The predicted molar refractivity (Wildman–Crippen MR) is 112 cm³/mol. The Hall–Kier alpha value is -2.90. The zero-order valence-corrected chi connectivity index (χ0v) is 17.6. The number of nitrogens with one attached hydrogen (secondary N) is 3. The molecule has 4 atom stereocenters. The fraction of sp³-hybridized carbons (Fsp3) is 0.391. The second-order valence-electron chi connectivity index (χ2n) is 7.98. The number of carbonyl (C=O) groups excluding carboxylic acids is 2. The summed E-state index contributed by atoms with van der Waals surface area (Å²) in [7, 11) is 3.19. The van der Waals surface area contributed by atoms with E-state index in [2.05, 4.69) is 16.2 Å². The van der Waals surface area contributed by atoms with Crippen molar-refractivity contribution in [1.29, 1.82) is 0 Å². The second-order valence-corrected chi connectivity index (χ2v) is 7.98. The van der Waals surface area contributed by atoms with Crippen LogP contribution in [0.25, 0.3) is 0 Å². The molecule has 2 aliphatic heterocycles. The Morgan fingerprint density at radius 1 is 0.967 bits per heavy atom. The number of amides is 1. The summed E-state index contributed by atoms with van der Waals surface area (Å²) in [6, 6.07) is 11.3. The van der Waals surface area contributed by atoms with E-state index in [4.69, 9.17) is 9.47 Å². The van der Waals surface area contributed by atoms with Gasteiger partial charge in [-0.25, -0.2) is 10.9 Å². The third-order valence-corrected chi connectivity index (χ3v) is 6.25. The van der Waals surface area contributed by atoms with E-state index in [1.54, 1.807) is 14.2 Å². The van der Waals surface area contributed by atoms with Crippen LogP contribution in [-0.2, 0) is 4.79 Å². The lowest BCUT2D eigenvalue weighted by atomic mass is 9.74. The second kappa shape index (κ2) is 8.08. The van der Waals surface area contributed by atoms with Crippen LogP contribution in [0, 0.1) is 25.7 Å². The normalized spacial score (nSPS) is 25.4. The number of rotatable bonds is 5. The van der Waals surface area contributed by atoms with Gasteiger partial charge in [0, 0.05) is 23.8 Å². The van der Waals surface area contributed by atoms with Crippen molar-refractivity contribution in [2.45, 2.75) is 32.5 Å². The minimum atomic E-state index is -0.438. The highest BCUT2D eigenvalue weighted by molar-refractivity contribution is 6.01. The Bertz CT molecular complexity index is 990. The van der Waals surface area contributed by atoms with Gasteiger partial charge in [0.1, 0.15) is 0 Å². The van der Waals surface area contributed by atoms with Crippen molar-refractivity contribution in [3.05, 3.63) is 58.7 Å². The number of hydrogen-bond donors (Lipinski definition) is 3. The quantitative estimate of drug-likeness (QED) is 0.658. The number of ketones is 1. The van der Waals surface area contributed by atoms with Crippen LogP contribution >= 0.6 is 0 Å². The average Bonchev–Trinajstić information content (AvgIpc) is 3.17. The number of aryl methyl sites for hydroxylation is 2. The highest BCUT2D eigenvalue weighted by Gasteiger charge is 2.49. The van der Waals surface area contributed by atoms with E-state index >= 15 is 0 Å². The standard InChI is InChI=1S/C23H27N3O4/c1-12-5-6-15(9-13(12)2)22(28)16-11-19(27)24-23-20(16)21(25-26-23)14-7-8-17(29-3)18(10-14)30-4/h5-10,16,20-21,23,25-26H,11H2,1-4H3,(H,24,27). The summed E-state index contributed by atoms with van der Waals surface area (Å²) >= 11 is 0. The molecule has 0 aliphatic carbocycles. The minimum absolute atomic E-state index is 0.000994. The highest BCUT2D eigenvalue weighted by atomic mass is 16.5. The van der Waals surface area contributed by atoms with Crippen molar-refractivity contribution >= 4 is 11.7 Å². The molecule has 0 saturated carbocycles. The van der Waals surface area contributed by atoms with Crippen molar-refractivity contribution in [1.82, 2.24) is 16.2 Å². The van der Waals surface area contributed by atoms with E-state index < -0.39 is 5.92 Å². The zero-order valence-electron chi connectivity index (χ0n) is 17.6. The van der Waals surface area contributed by atoms with Gasteiger partial charge in [-0.15, -0.1) is 0 Å². The SMILES string of the molecule is COc1ccc(C2NNC3NC(=O)CC(C(=O)c4ccc(C)c(C)c4)C32)cc1OC. The van der Waals surface area contributed by atoms with Gasteiger partial charge in [-0.3, -0.25) is 9.59 Å². The first-order valence-corrected chi connectivity index (χ1v) is 10.1. The Morgan fingerprint density at radius 2 is 1.73 bits per heavy atom. The van der Waals surface area contributed by atoms with Crippen LogP contribution in [0.4, 0.5) is 0 Å². The molecule has 1 amide bonds. The fourth-order valence-electron chi connectivity index (χ4n) is 4.46. The molecule has 30 heavy (non-hydrogen) atoms. The number of Topliss-reactive ketones (excluding diaryl/α,β-unsaturated/α-hetero) is 1. The molecule has 0 spiro atoms. The zero-order chi connectivity index (χ0) is 21.4. The van der Waals surface area contributed by atoms with Gasteiger partial charge in [-0.05, 0) is 48.7 Å². The van der Waals surface area contributed by atoms with E-state index in [0.29, 0.717) is 17.1 Å². The van der Waals surface area contributed by atoms with Crippen LogP contribution in [0.5, 0.6) is 11.5 Å². The topological polar surface area (TPSA) is 88.7 Å². The Morgan fingerprint density at radius 3 is 2.43 bits per heavy atom. The van der Waals surface area contributed by atoms with Crippen molar-refractivity contribution in [2.24, 2.45) is 11.8 Å². The third-order valence-electron chi connectivity index (χ3n) is 6.25. The molecule has 4 unspecified atom stereocenters. The lowest BCUT2D eigenvalue weighted by molar-refractivity contribution is -0.125. The first kappa shape index (κ1) is 20.4. The van der Waals surface area contributed by atoms with Gasteiger partial charge in [0.05, 0.1) is 26.4 Å². The van der Waals surface area contributed by atoms with Gasteiger partial charge < -0.3 is 14.8 Å². The summed E-state index contributed by atoms with van der Waals surface area (Å²) in [5.41, 5.74) is 10.2. The highest BCUT2D eigenvalue weighted by Crippen LogP contribution is 2.41. The molecule has 7 nitrogen and oxygen atoms in total. The molecule has 2 heterocycles. The molecule has 0 bridgehead atoms. The maximum absolute atomic E-state index is 13.5. The molecule has 2 aromatic carbocycles. The number of methoxy groups -OCH3 is 2. The molecule has 0 aromatic heterocycles. The monoisotopic (exact) mass is 409 g/mol. The van der Waals surface area contributed by atoms with E-state index in [1.165, 1.54) is 0 Å². The van der Waals surface area contributed by atoms with Crippen LogP contribution in [0.15, 0.2) is 36.4 Å². The molecule has 4 rings (SSSR count). The van der Waals surface area contributed by atoms with E-state index in [-0.39, 0.29) is 36.2 Å². The largest absolute Gasteiger partial charge is 0.493 e. The molecule has 2 fully saturated rings. The lowest BCUT2D eigenvalue weighted by Gasteiger charge is -2.35. The van der Waals surface area contributed by atoms with Crippen molar-refractivity contribution in [2.75, 3.05) is 14.2 Å². The first-order chi connectivity index (χ1) is 14.4. The van der Waals surface area contributed by atoms with Gasteiger partial charge in [0.15, 0.2) is 17.3 Å². The van der Waals surface area contributed by atoms with Gasteiger partial charge in [-0.2, -0.15) is 0 Å². The van der Waals surface area contributed by atoms with Crippen LogP contribution in [-0.4, -0.2) is 32.1 Å². The lowest BCUT2D eigenvalue weighted by Crippen LogP contribution is -2.54. The van der Waals surface area contributed by atoms with Gasteiger partial charge in [-0.1, -0.05) is 18.2 Å². The molecule has 158 valence electrons. The fourth-order valence-corrected chi connectivity index (χ4v) is 4.46. The number of ether oxygens (including phenoxy) is 2. The number of benzene rings is 2. The summed E-state index contributed by atoms with van der Waals surface area (Å²) in [4.78, 5) is 25.8. The Balaban J connectivity index is 1.69. The minimum Gasteiger partial charge on any atom is -0.493 e. The van der Waals surface area contributed by atoms with Gasteiger partial charge in [0.2, 0.25) is 5.91 Å². The van der Waals surface area contributed by atoms with E-state index in [1.807, 2.05) is 50.2 Å². The van der Waals surface area contributed by atoms with E-state index in [0.717, 1.165) is 16.7 Å². The number of carbonyl (C=O) groups is 2. The van der Waals surface area contributed by atoms with Crippen LogP contribution in [0.1, 0.15) is 39.5 Å². The number of piperidine rings is 1. The summed E-state index contributed by atoms with van der Waals surface area (Å²) < 4.78 is 10.8. The van der Waals surface area contributed by atoms with Crippen molar-refractivity contribution in [3.63, 3.8) is 0 Å². The molecule has 3 N–H and O–H groups in total. The van der Waals surface area contributed by atoms with Crippen molar-refractivity contribution in [3.8, 4) is 11.5 Å². The van der Waals surface area contributed by atoms with Gasteiger partial charge >= 0.3 is 0 Å². The average molecular weight is 409 g/mol. The number of hydrogen-bond acceptors (Lipinski definition) is 6. The molecule has 2 saturated heterocycles. The number of fused-ring (bicyclic) bond motifs is 1. The first-order valence-electron chi connectivity index (χ1n) is 10.1. The summed E-state index contributed by atoms with van der Waals surface area (Å²) in [6.07, 6.45) is -0.162.